The molecule has 0 aliphatic carbocycles. The smallest absolute Gasteiger partial charge is 0.345 e. The summed E-state index contributed by atoms with van der Waals surface area (Å²) >= 11 is 6.91. The van der Waals surface area contributed by atoms with E-state index < -0.39 is 5.97 Å². The average molecular weight is 586 g/mol. The van der Waals surface area contributed by atoms with Gasteiger partial charge in [-0.25, -0.2) is 9.59 Å². The van der Waals surface area contributed by atoms with E-state index in [0.717, 1.165) is 11.0 Å². The number of fused-ring (bicyclic) bond motifs is 2. The van der Waals surface area contributed by atoms with Crippen molar-refractivity contribution >= 4 is 65.6 Å². The van der Waals surface area contributed by atoms with Gasteiger partial charge in [-0.3, -0.25) is 0 Å². The van der Waals surface area contributed by atoms with Crippen molar-refractivity contribution in [3.63, 3.8) is 0 Å². The van der Waals surface area contributed by atoms with Crippen molar-refractivity contribution in [1.82, 2.24) is 0 Å². The lowest BCUT2D eigenvalue weighted by Crippen LogP contribution is -2.36. The van der Waals surface area contributed by atoms with Gasteiger partial charge in [0.2, 0.25) is 11.0 Å². The first kappa shape index (κ1) is 24.0. The summed E-state index contributed by atoms with van der Waals surface area (Å²) in [5.74, 6) is 2.89. The molecule has 1 aromatic heterocycles. The Kier molecular flexibility index (Phi) is 7.32. The number of carbonyl (C=O) groups is 1. The van der Waals surface area contributed by atoms with Crippen molar-refractivity contribution in [2.75, 3.05) is 14.2 Å². The Hall–Kier alpha value is -3.19. The van der Waals surface area contributed by atoms with Gasteiger partial charge in [-0.1, -0.05) is 6.07 Å². The number of benzene rings is 3. The van der Waals surface area contributed by atoms with E-state index in [0.29, 0.717) is 55.5 Å². The molecule has 4 rings (SSSR count). The van der Waals surface area contributed by atoms with Crippen molar-refractivity contribution in [1.29, 1.82) is 0 Å². The molecular weight excluding hydrogens is 566 g/mol. The first-order valence-electron chi connectivity index (χ1n) is 10.3. The van der Waals surface area contributed by atoms with Crippen LogP contribution in [-0.2, 0) is 11.3 Å². The number of esters is 1. The third-order valence-electron chi connectivity index (χ3n) is 5.43. The summed E-state index contributed by atoms with van der Waals surface area (Å²) in [5, 5.41) is 1.31. The molecule has 3 aromatic carbocycles. The van der Waals surface area contributed by atoms with Gasteiger partial charge in [0.1, 0.15) is 17.4 Å². The minimum Gasteiger partial charge on any atom is -0.497 e. The van der Waals surface area contributed by atoms with E-state index in [9.17, 15) is 9.59 Å². The molecule has 0 bridgehead atoms. The number of rotatable bonds is 7. The fraction of sp³-hybridized carbons (Fsp3) is 0.154. The Labute approximate surface area is 213 Å². The lowest BCUT2D eigenvalue weighted by atomic mass is 10.0. The van der Waals surface area contributed by atoms with Gasteiger partial charge in [-0.2, -0.15) is 4.57 Å². The third-order valence-corrected chi connectivity index (χ3v) is 6.67. The topological polar surface area (TPSA) is 65.7 Å². The Morgan fingerprint density at radius 2 is 1.50 bits per heavy atom. The number of pyridine rings is 1. The van der Waals surface area contributed by atoms with E-state index in [-0.39, 0.29) is 0 Å². The molecule has 34 heavy (non-hydrogen) atoms. The Morgan fingerprint density at radius 3 is 2.00 bits per heavy atom. The van der Waals surface area contributed by atoms with E-state index in [4.69, 9.17) is 14.2 Å². The number of nitrogens with zero attached hydrogens (tertiary/aromatic N) is 1. The van der Waals surface area contributed by atoms with E-state index >= 15 is 0 Å². The lowest BCUT2D eigenvalue weighted by Gasteiger charge is -2.14. The molecule has 0 aliphatic rings. The zero-order valence-corrected chi connectivity index (χ0v) is 21.6. The van der Waals surface area contributed by atoms with E-state index in [2.05, 4.69) is 36.4 Å². The SMILES string of the molecule is COc1ccc2c(c1)c(C(=O)Oc1c(Br)cccc1Br)c1cc(OC)ccc1[n+]2CCC=C=O. The summed E-state index contributed by atoms with van der Waals surface area (Å²) in [7, 11) is 3.15. The van der Waals surface area contributed by atoms with Crippen LogP contribution in [0.5, 0.6) is 17.2 Å². The van der Waals surface area contributed by atoms with Crippen molar-refractivity contribution in [2.45, 2.75) is 13.0 Å². The Bertz CT molecular complexity index is 1380. The molecule has 4 aromatic rings. The summed E-state index contributed by atoms with van der Waals surface area (Å²) in [6, 6.07) is 16.5. The van der Waals surface area contributed by atoms with Gasteiger partial charge in [0.05, 0.1) is 39.5 Å². The number of aromatic nitrogens is 1. The van der Waals surface area contributed by atoms with Crippen LogP contribution in [0.15, 0.2) is 69.6 Å². The van der Waals surface area contributed by atoms with Gasteiger partial charge >= 0.3 is 5.97 Å². The molecule has 0 atom stereocenters. The van der Waals surface area contributed by atoms with Crippen LogP contribution >= 0.6 is 31.9 Å². The molecule has 0 amide bonds. The minimum atomic E-state index is -0.524. The number of hydrogen-bond acceptors (Lipinski definition) is 5. The highest BCUT2D eigenvalue weighted by Gasteiger charge is 2.27. The average Bonchev–Trinajstić information content (AvgIpc) is 2.85. The zero-order chi connectivity index (χ0) is 24.2. The third kappa shape index (κ3) is 4.57. The van der Waals surface area contributed by atoms with Gasteiger partial charge in [0.25, 0.3) is 0 Å². The van der Waals surface area contributed by atoms with Gasteiger partial charge in [-0.05, 0) is 68.3 Å². The van der Waals surface area contributed by atoms with Crippen molar-refractivity contribution in [3.8, 4) is 17.2 Å². The maximum Gasteiger partial charge on any atom is 0.345 e. The molecular formula is C26H20Br2NO5+. The van der Waals surface area contributed by atoms with Crippen molar-refractivity contribution < 1.29 is 28.4 Å². The van der Waals surface area contributed by atoms with Crippen molar-refractivity contribution in [3.05, 3.63) is 75.2 Å². The van der Waals surface area contributed by atoms with Gasteiger partial charge < -0.3 is 14.2 Å². The van der Waals surface area contributed by atoms with Crippen molar-refractivity contribution in [2.24, 2.45) is 0 Å². The van der Waals surface area contributed by atoms with Crippen LogP contribution in [0.25, 0.3) is 21.8 Å². The molecule has 0 N–H and O–H groups in total. The summed E-state index contributed by atoms with van der Waals surface area (Å²) in [6.45, 7) is 0.520. The van der Waals surface area contributed by atoms with Crippen LogP contribution in [0.4, 0.5) is 0 Å². The van der Waals surface area contributed by atoms with Crippen LogP contribution in [0, 0.1) is 0 Å². The molecule has 8 heteroatoms. The van der Waals surface area contributed by atoms with Crippen LogP contribution in [0.1, 0.15) is 16.8 Å². The normalized spacial score (nSPS) is 10.7. The summed E-state index contributed by atoms with van der Waals surface area (Å²) in [4.78, 5) is 24.5. The first-order valence-corrected chi connectivity index (χ1v) is 11.9. The second-order valence-electron chi connectivity index (χ2n) is 7.34. The number of methoxy groups -OCH3 is 2. The number of ether oxygens (including phenoxy) is 3. The predicted molar refractivity (Wildman–Crippen MR) is 136 cm³/mol. The Balaban J connectivity index is 2.04. The fourth-order valence-corrected chi connectivity index (χ4v) is 5.03. The molecule has 0 saturated carbocycles. The molecule has 0 spiro atoms. The van der Waals surface area contributed by atoms with Gasteiger partial charge in [0, 0.05) is 24.6 Å². The molecule has 0 unspecified atom stereocenters. The maximum absolute atomic E-state index is 13.7. The fourth-order valence-electron chi connectivity index (χ4n) is 3.87. The van der Waals surface area contributed by atoms with Crippen LogP contribution < -0.4 is 18.8 Å². The molecule has 0 fully saturated rings. The largest absolute Gasteiger partial charge is 0.497 e. The molecule has 1 heterocycles. The number of aryl methyl sites for hydroxylation is 1. The number of carbonyl (C=O) groups excluding carboxylic acids is 2. The highest BCUT2D eigenvalue weighted by molar-refractivity contribution is 9.11. The number of allylic oxidation sites excluding steroid dienone is 1. The highest BCUT2D eigenvalue weighted by atomic mass is 79.9. The number of para-hydroxylation sites is 1. The van der Waals surface area contributed by atoms with Crippen LogP contribution in [-0.4, -0.2) is 26.1 Å². The second kappa shape index (κ2) is 10.4. The minimum absolute atomic E-state index is 0.382. The quantitative estimate of drug-likeness (QED) is 0.0899. The number of hydrogen-bond donors (Lipinski definition) is 0. The van der Waals surface area contributed by atoms with Gasteiger partial charge in [0.15, 0.2) is 12.3 Å². The van der Waals surface area contributed by atoms with Crippen LogP contribution in [0.2, 0.25) is 0 Å². The molecule has 0 saturated heterocycles. The van der Waals surface area contributed by atoms with E-state index in [1.54, 1.807) is 26.4 Å². The summed E-state index contributed by atoms with van der Waals surface area (Å²) in [5.41, 5.74) is 1.99. The molecule has 6 nitrogen and oxygen atoms in total. The first-order chi connectivity index (χ1) is 16.5. The summed E-state index contributed by atoms with van der Waals surface area (Å²) in [6.07, 6.45) is 1.94. The maximum atomic E-state index is 13.7. The van der Waals surface area contributed by atoms with E-state index in [1.807, 2.05) is 48.4 Å². The lowest BCUT2D eigenvalue weighted by molar-refractivity contribution is -0.644. The number of halogens is 2. The molecule has 172 valence electrons. The highest BCUT2D eigenvalue weighted by Crippen LogP contribution is 2.36. The molecule has 0 radical (unpaired) electrons. The second-order valence-corrected chi connectivity index (χ2v) is 9.05. The standard InChI is InChI=1S/C26H20Br2NO5/c1-32-16-8-10-22-18(14-16)24(26(31)34-25-20(27)6-5-7-21(25)28)19-15-17(33-2)9-11-23(19)29(22)12-3-4-13-30/h4-11,14-15H,3,12H2,1-2H3/q+1. The van der Waals surface area contributed by atoms with Crippen LogP contribution in [0.3, 0.4) is 0 Å². The monoisotopic (exact) mass is 584 g/mol. The Morgan fingerprint density at radius 1 is 0.941 bits per heavy atom. The molecule has 0 aliphatic heterocycles. The summed E-state index contributed by atoms with van der Waals surface area (Å²) < 4.78 is 20.1. The van der Waals surface area contributed by atoms with E-state index in [1.165, 1.54) is 6.08 Å². The van der Waals surface area contributed by atoms with Gasteiger partial charge in [-0.15, -0.1) is 0 Å². The predicted octanol–water partition coefficient (Wildman–Crippen LogP) is 5.82. The zero-order valence-electron chi connectivity index (χ0n) is 18.4.